The van der Waals surface area contributed by atoms with E-state index in [1.54, 1.807) is 19.2 Å². The molecule has 1 aromatic heterocycles. The number of aromatic nitrogens is 2. The van der Waals surface area contributed by atoms with Gasteiger partial charge in [0.2, 0.25) is 0 Å². The first-order valence-corrected chi connectivity index (χ1v) is 4.56. The van der Waals surface area contributed by atoms with Crippen molar-refractivity contribution in [1.29, 1.82) is 0 Å². The summed E-state index contributed by atoms with van der Waals surface area (Å²) in [6.45, 7) is 7.87. The van der Waals surface area contributed by atoms with Crippen LogP contribution in [0.15, 0.2) is 17.1 Å². The van der Waals surface area contributed by atoms with Crippen LogP contribution in [0.25, 0.3) is 0 Å². The molecule has 0 unspecified atom stereocenters. The Kier molecular flexibility index (Phi) is 3.06. The molecule has 0 bridgehead atoms. The van der Waals surface area contributed by atoms with Gasteiger partial charge in [0.15, 0.2) is 0 Å². The molecule has 0 N–H and O–H groups in total. The summed E-state index contributed by atoms with van der Waals surface area (Å²) in [7, 11) is 0. The zero-order valence-corrected chi connectivity index (χ0v) is 9.07. The Labute approximate surface area is 83.5 Å². The molecule has 1 rings (SSSR count). The summed E-state index contributed by atoms with van der Waals surface area (Å²) in [4.78, 5) is 15.1. The van der Waals surface area contributed by atoms with Crippen molar-refractivity contribution in [2.24, 2.45) is 0 Å². The van der Waals surface area contributed by atoms with Gasteiger partial charge in [-0.1, -0.05) is 0 Å². The van der Waals surface area contributed by atoms with Gasteiger partial charge < -0.3 is 4.74 Å². The van der Waals surface area contributed by atoms with Gasteiger partial charge in [-0.25, -0.2) is 4.79 Å². The Bertz CT molecular complexity index is 363. The van der Waals surface area contributed by atoms with Crippen molar-refractivity contribution in [1.82, 2.24) is 9.55 Å². The van der Waals surface area contributed by atoms with Gasteiger partial charge in [0.25, 0.3) is 0 Å². The molecule has 0 saturated carbocycles. The minimum atomic E-state index is -0.269. The maximum absolute atomic E-state index is 11.3. The zero-order chi connectivity index (χ0) is 10.8. The molecule has 1 heterocycles. The third-order valence-corrected chi connectivity index (χ3v) is 1.65. The van der Waals surface area contributed by atoms with Crippen LogP contribution in [0.2, 0.25) is 0 Å². The van der Waals surface area contributed by atoms with E-state index in [9.17, 15) is 4.79 Å². The summed E-state index contributed by atoms with van der Waals surface area (Å²) in [5.41, 5.74) is 0.209. The van der Waals surface area contributed by atoms with Gasteiger partial charge in [0.1, 0.15) is 6.73 Å². The molecule has 0 fully saturated rings. The first-order chi connectivity index (χ1) is 6.38. The van der Waals surface area contributed by atoms with E-state index in [1.807, 2.05) is 20.8 Å². The van der Waals surface area contributed by atoms with Crippen LogP contribution in [0.4, 0.5) is 0 Å². The van der Waals surface area contributed by atoms with Crippen LogP contribution < -0.4 is 5.69 Å². The Morgan fingerprint density at radius 1 is 1.50 bits per heavy atom. The lowest BCUT2D eigenvalue weighted by atomic mass is 10.2. The minimum Gasteiger partial charge on any atom is -0.355 e. The second-order valence-corrected chi connectivity index (χ2v) is 4.21. The van der Waals surface area contributed by atoms with Gasteiger partial charge in [-0.15, -0.1) is 0 Å². The van der Waals surface area contributed by atoms with Crippen LogP contribution in [0.1, 0.15) is 26.5 Å². The van der Waals surface area contributed by atoms with Crippen LogP contribution >= 0.6 is 0 Å². The van der Waals surface area contributed by atoms with Crippen molar-refractivity contribution in [3.63, 3.8) is 0 Å². The van der Waals surface area contributed by atoms with Gasteiger partial charge >= 0.3 is 5.69 Å². The number of rotatable bonds is 2. The van der Waals surface area contributed by atoms with Crippen molar-refractivity contribution in [3.05, 3.63) is 28.4 Å². The van der Waals surface area contributed by atoms with E-state index >= 15 is 0 Å². The van der Waals surface area contributed by atoms with E-state index in [1.165, 1.54) is 4.57 Å². The van der Waals surface area contributed by atoms with Crippen molar-refractivity contribution < 1.29 is 4.74 Å². The standard InChI is InChI=1S/C10H16N2O2/c1-8-5-6-12(9(13)11-8)7-14-10(2,3)4/h5-6H,7H2,1-4H3. The van der Waals surface area contributed by atoms with Crippen molar-refractivity contribution in [2.45, 2.75) is 40.0 Å². The average molecular weight is 196 g/mol. The Morgan fingerprint density at radius 2 is 2.14 bits per heavy atom. The second kappa shape index (κ2) is 3.92. The Hall–Kier alpha value is -1.16. The normalized spacial score (nSPS) is 11.7. The van der Waals surface area contributed by atoms with Gasteiger partial charge in [0.05, 0.1) is 5.60 Å². The minimum absolute atomic E-state index is 0.246. The fourth-order valence-corrected chi connectivity index (χ4v) is 0.875. The van der Waals surface area contributed by atoms with Gasteiger partial charge in [-0.05, 0) is 33.8 Å². The van der Waals surface area contributed by atoms with E-state index in [0.717, 1.165) is 5.69 Å². The van der Waals surface area contributed by atoms with Crippen LogP contribution in [-0.2, 0) is 11.5 Å². The Balaban J connectivity index is 2.74. The molecule has 0 aliphatic heterocycles. The molecule has 0 saturated heterocycles. The summed E-state index contributed by atoms with van der Waals surface area (Å²) in [5, 5.41) is 0. The molecule has 0 spiro atoms. The highest BCUT2D eigenvalue weighted by atomic mass is 16.5. The first-order valence-electron chi connectivity index (χ1n) is 4.56. The number of nitrogens with zero attached hydrogens (tertiary/aromatic N) is 2. The fourth-order valence-electron chi connectivity index (χ4n) is 0.875. The van der Waals surface area contributed by atoms with E-state index in [2.05, 4.69) is 4.98 Å². The maximum Gasteiger partial charge on any atom is 0.349 e. The number of hydrogen-bond donors (Lipinski definition) is 0. The smallest absolute Gasteiger partial charge is 0.349 e. The topological polar surface area (TPSA) is 44.1 Å². The number of aryl methyl sites for hydroxylation is 1. The Morgan fingerprint density at radius 3 is 2.64 bits per heavy atom. The van der Waals surface area contributed by atoms with Crippen LogP contribution in [0.3, 0.4) is 0 Å². The highest BCUT2D eigenvalue weighted by molar-refractivity contribution is 4.95. The van der Waals surface area contributed by atoms with Gasteiger partial charge in [-0.2, -0.15) is 4.98 Å². The molecule has 0 atom stereocenters. The van der Waals surface area contributed by atoms with E-state index in [0.29, 0.717) is 0 Å². The second-order valence-electron chi connectivity index (χ2n) is 4.21. The summed E-state index contributed by atoms with van der Waals surface area (Å²) >= 11 is 0. The lowest BCUT2D eigenvalue weighted by Crippen LogP contribution is -2.28. The van der Waals surface area contributed by atoms with E-state index in [4.69, 9.17) is 4.74 Å². The molecule has 14 heavy (non-hydrogen) atoms. The average Bonchev–Trinajstić information content (AvgIpc) is 2.00. The summed E-state index contributed by atoms with van der Waals surface area (Å²) in [6.07, 6.45) is 1.69. The number of hydrogen-bond acceptors (Lipinski definition) is 3. The molecule has 78 valence electrons. The highest BCUT2D eigenvalue weighted by Crippen LogP contribution is 2.06. The molecule has 0 aliphatic carbocycles. The molecule has 0 amide bonds. The molecule has 0 aromatic carbocycles. The van der Waals surface area contributed by atoms with E-state index < -0.39 is 0 Å². The predicted octanol–water partition coefficient (Wildman–Crippen LogP) is 1.32. The summed E-state index contributed by atoms with van der Waals surface area (Å²) in [6, 6.07) is 1.79. The molecular formula is C10H16N2O2. The van der Waals surface area contributed by atoms with Gasteiger partial charge in [-0.3, -0.25) is 4.57 Å². The SMILES string of the molecule is Cc1ccn(COC(C)(C)C)c(=O)n1. The molecular weight excluding hydrogens is 180 g/mol. The van der Waals surface area contributed by atoms with Crippen molar-refractivity contribution >= 4 is 0 Å². The van der Waals surface area contributed by atoms with Gasteiger partial charge in [0, 0.05) is 11.9 Å². The lowest BCUT2D eigenvalue weighted by Gasteiger charge is -2.19. The quantitative estimate of drug-likeness (QED) is 0.716. The first kappa shape index (κ1) is 10.9. The van der Waals surface area contributed by atoms with Crippen LogP contribution in [0.5, 0.6) is 0 Å². The molecule has 4 nitrogen and oxygen atoms in total. The zero-order valence-electron chi connectivity index (χ0n) is 9.07. The van der Waals surface area contributed by atoms with Crippen molar-refractivity contribution in [2.75, 3.05) is 0 Å². The fraction of sp³-hybridized carbons (Fsp3) is 0.600. The highest BCUT2D eigenvalue weighted by Gasteiger charge is 2.10. The van der Waals surface area contributed by atoms with Crippen LogP contribution in [0, 0.1) is 6.92 Å². The summed E-state index contributed by atoms with van der Waals surface area (Å²) in [5.74, 6) is 0. The molecule has 4 heteroatoms. The van der Waals surface area contributed by atoms with E-state index in [-0.39, 0.29) is 18.0 Å². The molecule has 1 aromatic rings. The monoisotopic (exact) mass is 196 g/mol. The molecule has 0 aliphatic rings. The maximum atomic E-state index is 11.3. The number of ether oxygens (including phenoxy) is 1. The third-order valence-electron chi connectivity index (χ3n) is 1.65. The lowest BCUT2D eigenvalue weighted by molar-refractivity contribution is -0.0450. The molecule has 0 radical (unpaired) electrons. The van der Waals surface area contributed by atoms with Crippen molar-refractivity contribution in [3.8, 4) is 0 Å². The van der Waals surface area contributed by atoms with Crippen LogP contribution in [-0.4, -0.2) is 15.2 Å². The predicted molar refractivity (Wildman–Crippen MR) is 54.1 cm³/mol. The largest absolute Gasteiger partial charge is 0.355 e. The third kappa shape index (κ3) is 3.30. The summed E-state index contributed by atoms with van der Waals surface area (Å²) < 4.78 is 6.90.